The fraction of sp³-hybridized carbons (Fsp3) is 0.250. The minimum atomic E-state index is 0.605. The van der Waals surface area contributed by atoms with Crippen LogP contribution in [0.15, 0.2) is 54.1 Å². The van der Waals surface area contributed by atoms with E-state index in [9.17, 15) is 0 Å². The van der Waals surface area contributed by atoms with Gasteiger partial charge in [-0.1, -0.05) is 37.8 Å². The Bertz CT molecular complexity index is 768. The number of hydrogen-bond donors (Lipinski definition) is 3. The highest BCUT2D eigenvalue weighted by molar-refractivity contribution is 6.14. The van der Waals surface area contributed by atoms with E-state index in [1.54, 1.807) is 0 Å². The SMILES string of the molecule is C=C(c1ccccc1N/N=C\C=N)N(CC)CNc1cccc(CC)n1. The van der Waals surface area contributed by atoms with E-state index in [-0.39, 0.29) is 0 Å². The zero-order chi connectivity index (χ0) is 18.8. The minimum Gasteiger partial charge on any atom is -0.354 e. The second-order valence-electron chi connectivity index (χ2n) is 5.61. The molecule has 3 N–H and O–H groups in total. The number of hydrazone groups is 1. The molecular formula is C20H26N6. The molecule has 0 amide bonds. The molecule has 0 aliphatic heterocycles. The van der Waals surface area contributed by atoms with Crippen LogP contribution in [0.4, 0.5) is 11.5 Å². The van der Waals surface area contributed by atoms with Crippen LogP contribution in [0.1, 0.15) is 25.1 Å². The van der Waals surface area contributed by atoms with Gasteiger partial charge in [-0.25, -0.2) is 4.98 Å². The Labute approximate surface area is 155 Å². The van der Waals surface area contributed by atoms with Crippen LogP contribution in [-0.4, -0.2) is 35.5 Å². The van der Waals surface area contributed by atoms with Crippen molar-refractivity contribution in [3.8, 4) is 0 Å². The smallest absolute Gasteiger partial charge is 0.127 e. The highest BCUT2D eigenvalue weighted by Crippen LogP contribution is 2.25. The van der Waals surface area contributed by atoms with E-state index in [0.717, 1.165) is 47.6 Å². The largest absolute Gasteiger partial charge is 0.354 e. The van der Waals surface area contributed by atoms with Crippen molar-refractivity contribution in [3.63, 3.8) is 0 Å². The van der Waals surface area contributed by atoms with Gasteiger partial charge in [0.15, 0.2) is 0 Å². The standard InChI is InChI=1S/C20H26N6/c1-4-17-9-8-12-20(24-17)22-15-26(5-2)16(3)18-10-6-7-11-19(18)25-23-14-13-21/h6-14,21,25H,3-5,15H2,1-2H3,(H,22,24)/b21-13?,23-14-. The molecule has 0 spiro atoms. The first-order chi connectivity index (χ1) is 12.7. The number of hydrogen-bond acceptors (Lipinski definition) is 6. The monoisotopic (exact) mass is 350 g/mol. The highest BCUT2D eigenvalue weighted by atomic mass is 15.3. The summed E-state index contributed by atoms with van der Waals surface area (Å²) in [6, 6.07) is 13.9. The Hall–Kier alpha value is -3.15. The van der Waals surface area contributed by atoms with E-state index < -0.39 is 0 Å². The van der Waals surface area contributed by atoms with Gasteiger partial charge in [-0.2, -0.15) is 5.10 Å². The van der Waals surface area contributed by atoms with Crippen molar-refractivity contribution in [1.29, 1.82) is 5.41 Å². The summed E-state index contributed by atoms with van der Waals surface area (Å²) in [5.41, 5.74) is 6.73. The first-order valence-electron chi connectivity index (χ1n) is 8.70. The Kier molecular flexibility index (Phi) is 7.36. The summed E-state index contributed by atoms with van der Waals surface area (Å²) < 4.78 is 0. The summed E-state index contributed by atoms with van der Waals surface area (Å²) in [6.07, 6.45) is 3.43. The van der Waals surface area contributed by atoms with E-state index >= 15 is 0 Å². The Morgan fingerprint density at radius 3 is 2.77 bits per heavy atom. The molecule has 0 saturated carbocycles. The number of para-hydroxylation sites is 1. The van der Waals surface area contributed by atoms with Gasteiger partial charge >= 0.3 is 0 Å². The van der Waals surface area contributed by atoms with Gasteiger partial charge in [0.25, 0.3) is 0 Å². The molecule has 1 aromatic heterocycles. The number of pyridine rings is 1. The van der Waals surface area contributed by atoms with Crippen molar-refractivity contribution in [1.82, 2.24) is 9.88 Å². The highest BCUT2D eigenvalue weighted by Gasteiger charge is 2.11. The normalized spacial score (nSPS) is 10.5. The third kappa shape index (κ3) is 5.17. The van der Waals surface area contributed by atoms with Crippen LogP contribution >= 0.6 is 0 Å². The van der Waals surface area contributed by atoms with Crippen molar-refractivity contribution in [3.05, 3.63) is 60.3 Å². The Morgan fingerprint density at radius 2 is 2.04 bits per heavy atom. The van der Waals surface area contributed by atoms with Crippen LogP contribution in [0.25, 0.3) is 5.70 Å². The molecule has 6 heteroatoms. The second-order valence-corrected chi connectivity index (χ2v) is 5.61. The molecule has 6 nitrogen and oxygen atoms in total. The second kappa shape index (κ2) is 9.98. The summed E-state index contributed by atoms with van der Waals surface area (Å²) in [6.45, 7) is 9.85. The molecule has 1 aromatic carbocycles. The zero-order valence-electron chi connectivity index (χ0n) is 15.4. The molecule has 0 unspecified atom stereocenters. The summed E-state index contributed by atoms with van der Waals surface area (Å²) in [7, 11) is 0. The van der Waals surface area contributed by atoms with Crippen molar-refractivity contribution in [2.75, 3.05) is 24.0 Å². The van der Waals surface area contributed by atoms with Crippen LogP contribution in [0.3, 0.4) is 0 Å². The molecule has 0 atom stereocenters. The number of rotatable bonds is 10. The number of aromatic nitrogens is 1. The average Bonchev–Trinajstić information content (AvgIpc) is 2.69. The average molecular weight is 350 g/mol. The van der Waals surface area contributed by atoms with E-state index in [1.807, 2.05) is 42.5 Å². The van der Waals surface area contributed by atoms with Gasteiger partial charge in [-0.15, -0.1) is 0 Å². The lowest BCUT2D eigenvalue weighted by Gasteiger charge is -2.27. The van der Waals surface area contributed by atoms with Crippen molar-refractivity contribution in [2.24, 2.45) is 5.10 Å². The summed E-state index contributed by atoms with van der Waals surface area (Å²) in [5.74, 6) is 0.859. The van der Waals surface area contributed by atoms with Crippen LogP contribution < -0.4 is 10.7 Å². The molecule has 136 valence electrons. The predicted octanol–water partition coefficient (Wildman–Crippen LogP) is 4.05. The summed E-state index contributed by atoms with van der Waals surface area (Å²) >= 11 is 0. The van der Waals surface area contributed by atoms with Crippen LogP contribution in [0, 0.1) is 5.41 Å². The lowest BCUT2D eigenvalue weighted by Crippen LogP contribution is -2.28. The zero-order valence-corrected chi connectivity index (χ0v) is 15.4. The predicted molar refractivity (Wildman–Crippen MR) is 111 cm³/mol. The quantitative estimate of drug-likeness (QED) is 0.343. The topological polar surface area (TPSA) is 76.4 Å². The number of anilines is 2. The molecule has 0 saturated heterocycles. The fourth-order valence-corrected chi connectivity index (χ4v) is 2.50. The number of benzene rings is 1. The number of aryl methyl sites for hydroxylation is 1. The summed E-state index contributed by atoms with van der Waals surface area (Å²) in [5, 5.41) is 14.4. The molecule has 0 radical (unpaired) electrons. The molecule has 0 aliphatic carbocycles. The van der Waals surface area contributed by atoms with Crippen molar-refractivity contribution >= 4 is 29.6 Å². The van der Waals surface area contributed by atoms with Crippen molar-refractivity contribution in [2.45, 2.75) is 20.3 Å². The number of nitrogens with one attached hydrogen (secondary N) is 3. The van der Waals surface area contributed by atoms with Gasteiger partial charge in [0.1, 0.15) is 5.82 Å². The van der Waals surface area contributed by atoms with E-state index in [2.05, 4.69) is 46.2 Å². The lowest BCUT2D eigenvalue weighted by atomic mass is 10.1. The number of nitrogens with zero attached hydrogens (tertiary/aromatic N) is 3. The van der Waals surface area contributed by atoms with E-state index in [4.69, 9.17) is 5.41 Å². The molecule has 0 bridgehead atoms. The van der Waals surface area contributed by atoms with Crippen LogP contribution in [-0.2, 0) is 6.42 Å². The minimum absolute atomic E-state index is 0.605. The van der Waals surface area contributed by atoms with Gasteiger partial charge in [0.2, 0.25) is 0 Å². The van der Waals surface area contributed by atoms with E-state index in [0.29, 0.717) is 6.67 Å². The third-order valence-corrected chi connectivity index (χ3v) is 3.96. The molecule has 2 rings (SSSR count). The van der Waals surface area contributed by atoms with Crippen LogP contribution in [0.5, 0.6) is 0 Å². The third-order valence-electron chi connectivity index (χ3n) is 3.96. The lowest BCUT2D eigenvalue weighted by molar-refractivity contribution is 0.448. The van der Waals surface area contributed by atoms with Gasteiger partial charge in [-0.05, 0) is 31.5 Å². The van der Waals surface area contributed by atoms with Crippen molar-refractivity contribution < 1.29 is 0 Å². The first kappa shape index (κ1) is 19.2. The molecular weight excluding hydrogens is 324 g/mol. The Balaban J connectivity index is 2.10. The first-order valence-corrected chi connectivity index (χ1v) is 8.70. The maximum atomic E-state index is 7.02. The molecule has 0 aliphatic rings. The molecule has 1 heterocycles. The van der Waals surface area contributed by atoms with E-state index in [1.165, 1.54) is 6.21 Å². The summed E-state index contributed by atoms with van der Waals surface area (Å²) in [4.78, 5) is 6.72. The maximum Gasteiger partial charge on any atom is 0.127 e. The van der Waals surface area contributed by atoms with Gasteiger partial charge in [0.05, 0.1) is 18.6 Å². The van der Waals surface area contributed by atoms with Gasteiger partial charge in [-0.3, -0.25) is 5.43 Å². The molecule has 26 heavy (non-hydrogen) atoms. The molecule has 2 aromatic rings. The molecule has 0 fully saturated rings. The Morgan fingerprint density at radius 1 is 1.23 bits per heavy atom. The maximum absolute atomic E-state index is 7.02. The fourth-order valence-electron chi connectivity index (χ4n) is 2.50. The van der Waals surface area contributed by atoms with Gasteiger partial charge in [0, 0.05) is 29.7 Å². The van der Waals surface area contributed by atoms with Gasteiger partial charge < -0.3 is 15.6 Å². The van der Waals surface area contributed by atoms with Crippen LogP contribution in [0.2, 0.25) is 0 Å².